The lowest BCUT2D eigenvalue weighted by molar-refractivity contribution is 0.0121. The Kier molecular flexibility index (Phi) is 3.27. The Hall–Kier alpha value is -1.42. The van der Waals surface area contributed by atoms with Gasteiger partial charge in [0.05, 0.1) is 6.54 Å². The van der Waals surface area contributed by atoms with Gasteiger partial charge in [0.2, 0.25) is 0 Å². The van der Waals surface area contributed by atoms with Gasteiger partial charge in [-0.1, -0.05) is 18.2 Å². The van der Waals surface area contributed by atoms with Crippen LogP contribution < -0.4 is 0 Å². The first kappa shape index (κ1) is 12.6. The highest BCUT2D eigenvalue weighted by Crippen LogP contribution is 2.26. The summed E-state index contributed by atoms with van der Waals surface area (Å²) in [4.78, 5) is 1.87. The third-order valence-corrected chi connectivity index (χ3v) is 3.80. The van der Waals surface area contributed by atoms with Crippen LogP contribution in [0.2, 0.25) is 0 Å². The number of halogens is 2. The molecule has 19 heavy (non-hydrogen) atoms. The van der Waals surface area contributed by atoms with E-state index in [-0.39, 0.29) is 13.0 Å². The Morgan fingerprint density at radius 3 is 2.74 bits per heavy atom. The molecule has 1 aromatic carbocycles. The minimum atomic E-state index is -2.47. The Bertz CT molecular complexity index is 562. The van der Waals surface area contributed by atoms with Crippen LogP contribution in [0, 0.1) is 0 Å². The zero-order chi connectivity index (χ0) is 13.3. The normalized spacial score (nSPS) is 19.3. The molecule has 1 aliphatic rings. The van der Waals surface area contributed by atoms with Crippen molar-refractivity contribution in [2.75, 3.05) is 19.6 Å². The van der Waals surface area contributed by atoms with Gasteiger partial charge in [-0.15, -0.1) is 0 Å². The number of benzene rings is 1. The van der Waals surface area contributed by atoms with Gasteiger partial charge >= 0.3 is 0 Å². The first-order valence-electron chi connectivity index (χ1n) is 6.78. The van der Waals surface area contributed by atoms with Crippen molar-refractivity contribution >= 4 is 10.9 Å². The lowest BCUT2D eigenvalue weighted by Gasteiger charge is -2.15. The van der Waals surface area contributed by atoms with Gasteiger partial charge in [0, 0.05) is 37.8 Å². The Labute approximate surface area is 111 Å². The standard InChI is InChI=1S/C15H18F2N2/c16-15(17)7-11-18(12-15)8-3-9-19-10-6-13-4-1-2-5-14(13)19/h1-2,4-6,10H,3,7-9,11-12H2. The summed E-state index contributed by atoms with van der Waals surface area (Å²) < 4.78 is 28.3. The molecule has 3 rings (SSSR count). The SMILES string of the molecule is FC1(F)CCN(CCCn2ccc3ccccc32)C1. The molecule has 0 radical (unpaired) electrons. The summed E-state index contributed by atoms with van der Waals surface area (Å²) in [5.74, 6) is -2.47. The molecule has 0 spiro atoms. The van der Waals surface area contributed by atoms with E-state index in [1.165, 1.54) is 10.9 Å². The van der Waals surface area contributed by atoms with E-state index in [2.05, 4.69) is 29.0 Å². The van der Waals surface area contributed by atoms with Crippen LogP contribution in [0.1, 0.15) is 12.8 Å². The molecular formula is C15H18F2N2. The number of hydrogen-bond donors (Lipinski definition) is 0. The zero-order valence-electron chi connectivity index (χ0n) is 10.9. The number of aromatic nitrogens is 1. The molecule has 2 heterocycles. The maximum atomic E-state index is 13.1. The second-order valence-corrected chi connectivity index (χ2v) is 5.30. The third kappa shape index (κ3) is 2.78. The van der Waals surface area contributed by atoms with Crippen molar-refractivity contribution in [3.63, 3.8) is 0 Å². The van der Waals surface area contributed by atoms with Crippen molar-refractivity contribution < 1.29 is 8.78 Å². The average molecular weight is 264 g/mol. The maximum absolute atomic E-state index is 13.1. The van der Waals surface area contributed by atoms with Crippen molar-refractivity contribution in [1.29, 1.82) is 0 Å². The molecule has 0 N–H and O–H groups in total. The highest BCUT2D eigenvalue weighted by molar-refractivity contribution is 5.79. The van der Waals surface area contributed by atoms with Crippen LogP contribution in [-0.2, 0) is 6.54 Å². The van der Waals surface area contributed by atoms with Gasteiger partial charge in [0.25, 0.3) is 5.92 Å². The molecule has 1 aliphatic heterocycles. The van der Waals surface area contributed by atoms with Crippen LogP contribution in [0.25, 0.3) is 10.9 Å². The molecule has 0 atom stereocenters. The Morgan fingerprint density at radius 2 is 1.95 bits per heavy atom. The summed E-state index contributed by atoms with van der Waals surface area (Å²) in [6.45, 7) is 2.09. The van der Waals surface area contributed by atoms with E-state index >= 15 is 0 Å². The van der Waals surface area contributed by atoms with Crippen molar-refractivity contribution in [3.8, 4) is 0 Å². The Morgan fingerprint density at radius 1 is 1.11 bits per heavy atom. The van der Waals surface area contributed by atoms with Crippen molar-refractivity contribution in [1.82, 2.24) is 9.47 Å². The molecule has 0 bridgehead atoms. The fourth-order valence-corrected chi connectivity index (χ4v) is 2.80. The molecule has 1 aromatic heterocycles. The van der Waals surface area contributed by atoms with Crippen molar-refractivity contribution in [2.45, 2.75) is 25.3 Å². The monoisotopic (exact) mass is 264 g/mol. The molecule has 1 fully saturated rings. The molecule has 0 aliphatic carbocycles. The molecule has 102 valence electrons. The smallest absolute Gasteiger partial charge is 0.261 e. The van der Waals surface area contributed by atoms with Gasteiger partial charge in [-0.2, -0.15) is 0 Å². The molecule has 1 saturated heterocycles. The molecular weight excluding hydrogens is 246 g/mol. The largest absolute Gasteiger partial charge is 0.347 e. The molecule has 4 heteroatoms. The first-order valence-corrected chi connectivity index (χ1v) is 6.78. The number of alkyl halides is 2. The number of hydrogen-bond acceptors (Lipinski definition) is 1. The zero-order valence-corrected chi connectivity index (χ0v) is 10.9. The third-order valence-electron chi connectivity index (χ3n) is 3.80. The number of aryl methyl sites for hydroxylation is 1. The lowest BCUT2D eigenvalue weighted by atomic mass is 10.2. The molecule has 2 aromatic rings. The summed E-state index contributed by atoms with van der Waals surface area (Å²) >= 11 is 0. The summed E-state index contributed by atoms with van der Waals surface area (Å²) in [5.41, 5.74) is 1.22. The van der Waals surface area contributed by atoms with Crippen LogP contribution in [0.3, 0.4) is 0 Å². The second-order valence-electron chi connectivity index (χ2n) is 5.30. The van der Waals surface area contributed by atoms with Crippen LogP contribution in [0.5, 0.6) is 0 Å². The quantitative estimate of drug-likeness (QED) is 0.822. The number of rotatable bonds is 4. The van der Waals surface area contributed by atoms with Gasteiger partial charge in [0.1, 0.15) is 0 Å². The molecule has 0 saturated carbocycles. The molecule has 0 amide bonds. The minimum absolute atomic E-state index is 0.0133. The number of likely N-dealkylation sites (tertiary alicyclic amines) is 1. The van der Waals surface area contributed by atoms with Crippen LogP contribution in [-0.4, -0.2) is 35.0 Å². The van der Waals surface area contributed by atoms with Gasteiger partial charge in [-0.3, -0.25) is 4.90 Å². The lowest BCUT2D eigenvalue weighted by Crippen LogP contribution is -2.26. The molecule has 0 unspecified atom stereocenters. The highest BCUT2D eigenvalue weighted by Gasteiger charge is 2.37. The van der Waals surface area contributed by atoms with E-state index in [9.17, 15) is 8.78 Å². The predicted molar refractivity (Wildman–Crippen MR) is 72.6 cm³/mol. The minimum Gasteiger partial charge on any atom is -0.347 e. The number of nitrogens with zero attached hydrogens (tertiary/aromatic N) is 2. The van der Waals surface area contributed by atoms with E-state index in [0.717, 1.165) is 19.5 Å². The van der Waals surface area contributed by atoms with Gasteiger partial charge in [0.15, 0.2) is 0 Å². The summed E-state index contributed by atoms with van der Waals surface area (Å²) in [7, 11) is 0. The van der Waals surface area contributed by atoms with E-state index in [1.54, 1.807) is 0 Å². The van der Waals surface area contributed by atoms with Crippen LogP contribution in [0.4, 0.5) is 8.78 Å². The van der Waals surface area contributed by atoms with E-state index in [0.29, 0.717) is 6.54 Å². The summed E-state index contributed by atoms with van der Waals surface area (Å²) in [6, 6.07) is 10.3. The van der Waals surface area contributed by atoms with E-state index in [4.69, 9.17) is 0 Å². The Balaban J connectivity index is 1.55. The van der Waals surface area contributed by atoms with Gasteiger partial charge < -0.3 is 4.57 Å². The second kappa shape index (κ2) is 4.93. The summed E-state index contributed by atoms with van der Waals surface area (Å²) in [5, 5.41) is 1.23. The number of fused-ring (bicyclic) bond motifs is 1. The van der Waals surface area contributed by atoms with Crippen LogP contribution >= 0.6 is 0 Å². The highest BCUT2D eigenvalue weighted by atomic mass is 19.3. The summed E-state index contributed by atoms with van der Waals surface area (Å²) in [6.07, 6.45) is 3.00. The van der Waals surface area contributed by atoms with Gasteiger partial charge in [-0.25, -0.2) is 8.78 Å². The molecule has 2 nitrogen and oxygen atoms in total. The average Bonchev–Trinajstić information content (AvgIpc) is 2.94. The number of para-hydroxylation sites is 1. The van der Waals surface area contributed by atoms with E-state index < -0.39 is 5.92 Å². The van der Waals surface area contributed by atoms with Crippen LogP contribution in [0.15, 0.2) is 36.5 Å². The van der Waals surface area contributed by atoms with Gasteiger partial charge in [-0.05, 0) is 23.9 Å². The van der Waals surface area contributed by atoms with Crippen molar-refractivity contribution in [2.24, 2.45) is 0 Å². The van der Waals surface area contributed by atoms with Crippen molar-refractivity contribution in [3.05, 3.63) is 36.5 Å². The topological polar surface area (TPSA) is 8.17 Å². The predicted octanol–water partition coefficient (Wildman–Crippen LogP) is 3.37. The van der Waals surface area contributed by atoms with E-state index in [1.807, 2.05) is 17.0 Å². The fourth-order valence-electron chi connectivity index (χ4n) is 2.80. The fraction of sp³-hybridized carbons (Fsp3) is 0.467. The maximum Gasteiger partial charge on any atom is 0.261 e. The first-order chi connectivity index (χ1) is 9.14.